The smallest absolute Gasteiger partial charge is 0.416 e. The summed E-state index contributed by atoms with van der Waals surface area (Å²) in [5.41, 5.74) is 4.95. The number of alkyl halides is 3. The zero-order valence-corrected chi connectivity index (χ0v) is 9.85. The minimum absolute atomic E-state index is 0. The van der Waals surface area contributed by atoms with Gasteiger partial charge in [-0.25, -0.2) is 0 Å². The first-order valence-corrected chi connectivity index (χ1v) is 4.60. The lowest BCUT2D eigenvalue weighted by atomic mass is 10.0. The first-order chi connectivity index (χ1) is 7.25. The van der Waals surface area contributed by atoms with Crippen molar-refractivity contribution >= 4 is 24.0 Å². The van der Waals surface area contributed by atoms with Crippen LogP contribution in [-0.4, -0.2) is 22.5 Å². The molecule has 0 aliphatic carbocycles. The highest BCUT2D eigenvalue weighted by atomic mass is 35.5. The minimum Gasteiger partial charge on any atom is -0.506 e. The second-order valence-electron chi connectivity index (χ2n) is 3.19. The highest BCUT2D eigenvalue weighted by Crippen LogP contribution is 2.35. The molecule has 0 heterocycles. The first-order valence-electron chi connectivity index (χ1n) is 4.23. The molecule has 3 nitrogen and oxygen atoms in total. The van der Waals surface area contributed by atoms with Crippen LogP contribution in [0.1, 0.15) is 11.6 Å². The number of phenols is 1. The molecule has 2 atom stereocenters. The van der Waals surface area contributed by atoms with Gasteiger partial charge in [0.2, 0.25) is 0 Å². The summed E-state index contributed by atoms with van der Waals surface area (Å²) in [5.74, 6) is -0.556. The van der Waals surface area contributed by atoms with E-state index in [0.29, 0.717) is 0 Å². The van der Waals surface area contributed by atoms with Crippen molar-refractivity contribution in [1.29, 1.82) is 0 Å². The maximum atomic E-state index is 12.2. The van der Waals surface area contributed by atoms with Crippen molar-refractivity contribution < 1.29 is 23.4 Å². The normalized spacial score (nSPS) is 14.9. The van der Waals surface area contributed by atoms with Crippen LogP contribution in [0.2, 0.25) is 5.02 Å². The van der Waals surface area contributed by atoms with Gasteiger partial charge in [0.25, 0.3) is 0 Å². The molecule has 0 aliphatic rings. The molecule has 0 saturated carbocycles. The highest BCUT2D eigenvalue weighted by molar-refractivity contribution is 6.32. The summed E-state index contributed by atoms with van der Waals surface area (Å²) in [5, 5.41) is 18.2. The molecule has 1 rings (SSSR count). The molecule has 4 N–H and O–H groups in total. The number of phenolic OH excluding ortho intramolecular Hbond substituents is 1. The van der Waals surface area contributed by atoms with E-state index in [-0.39, 0.29) is 23.0 Å². The Labute approximate surface area is 106 Å². The second kappa shape index (κ2) is 5.77. The summed E-state index contributed by atoms with van der Waals surface area (Å²) in [4.78, 5) is 0. The van der Waals surface area contributed by atoms with E-state index >= 15 is 0 Å². The van der Waals surface area contributed by atoms with Gasteiger partial charge in [-0.1, -0.05) is 23.7 Å². The number of halogens is 5. The van der Waals surface area contributed by atoms with Crippen LogP contribution in [0.5, 0.6) is 5.75 Å². The van der Waals surface area contributed by atoms with Gasteiger partial charge in [-0.2, -0.15) is 13.2 Å². The van der Waals surface area contributed by atoms with Crippen LogP contribution in [-0.2, 0) is 0 Å². The number of nitrogens with two attached hydrogens (primary N) is 1. The summed E-state index contributed by atoms with van der Waals surface area (Å²) >= 11 is 5.51. The molecule has 0 aliphatic heterocycles. The van der Waals surface area contributed by atoms with Crippen LogP contribution in [0.3, 0.4) is 0 Å². The third kappa shape index (κ3) is 3.64. The average Bonchev–Trinajstić information content (AvgIpc) is 2.18. The SMILES string of the molecule is Cl.N[C@@H](c1cccc(Cl)c1O)[C@H](O)C(F)(F)F. The standard InChI is InChI=1S/C9H9ClF3NO2.ClH/c10-5-3-1-2-4(7(5)15)6(14)8(16)9(11,12)13;/h1-3,6,8,15-16H,14H2;1H/t6-,8-;/m0./s1. The summed E-state index contributed by atoms with van der Waals surface area (Å²) in [6.07, 6.45) is -7.61. The first kappa shape index (κ1) is 16.3. The van der Waals surface area contributed by atoms with Gasteiger partial charge in [-0.3, -0.25) is 0 Å². The molecule has 0 amide bonds. The monoisotopic (exact) mass is 291 g/mol. The van der Waals surface area contributed by atoms with E-state index in [1.165, 1.54) is 18.2 Å². The molecule has 0 unspecified atom stereocenters. The average molecular weight is 292 g/mol. The Kier molecular flexibility index (Phi) is 5.54. The number of aliphatic hydroxyl groups excluding tert-OH is 1. The summed E-state index contributed by atoms with van der Waals surface area (Å²) < 4.78 is 36.5. The van der Waals surface area contributed by atoms with Crippen molar-refractivity contribution in [2.45, 2.75) is 18.3 Å². The maximum Gasteiger partial charge on any atom is 0.416 e. The zero-order chi connectivity index (χ0) is 12.5. The van der Waals surface area contributed by atoms with Crippen LogP contribution in [0.4, 0.5) is 13.2 Å². The van der Waals surface area contributed by atoms with Crippen LogP contribution >= 0.6 is 24.0 Å². The fraction of sp³-hybridized carbons (Fsp3) is 0.333. The van der Waals surface area contributed by atoms with Gasteiger partial charge in [-0.05, 0) is 6.07 Å². The van der Waals surface area contributed by atoms with Crippen LogP contribution in [0.15, 0.2) is 18.2 Å². The van der Waals surface area contributed by atoms with Crippen molar-refractivity contribution in [3.8, 4) is 5.75 Å². The molecule has 0 aromatic heterocycles. The third-order valence-electron chi connectivity index (χ3n) is 2.05. The lowest BCUT2D eigenvalue weighted by molar-refractivity contribution is -0.210. The summed E-state index contributed by atoms with van der Waals surface area (Å²) in [6.45, 7) is 0. The van der Waals surface area contributed by atoms with Crippen molar-refractivity contribution in [3.63, 3.8) is 0 Å². The molecule has 0 bridgehead atoms. The Morgan fingerprint density at radius 3 is 2.29 bits per heavy atom. The maximum absolute atomic E-state index is 12.2. The zero-order valence-electron chi connectivity index (χ0n) is 8.28. The fourth-order valence-corrected chi connectivity index (χ4v) is 1.36. The lowest BCUT2D eigenvalue weighted by Gasteiger charge is -2.22. The Morgan fingerprint density at radius 2 is 1.82 bits per heavy atom. The summed E-state index contributed by atoms with van der Waals surface area (Å²) in [6, 6.07) is 2.02. The molecule has 0 spiro atoms. The predicted octanol–water partition coefficient (Wildman–Crippen LogP) is 2.39. The van der Waals surface area contributed by atoms with Gasteiger partial charge in [0.05, 0.1) is 11.1 Å². The largest absolute Gasteiger partial charge is 0.506 e. The number of benzene rings is 1. The highest BCUT2D eigenvalue weighted by Gasteiger charge is 2.43. The lowest BCUT2D eigenvalue weighted by Crippen LogP contribution is -2.38. The molecule has 8 heteroatoms. The van der Waals surface area contributed by atoms with E-state index < -0.39 is 24.1 Å². The Balaban J connectivity index is 0.00000256. The van der Waals surface area contributed by atoms with Gasteiger partial charge in [0.15, 0.2) is 6.10 Å². The van der Waals surface area contributed by atoms with Crippen molar-refractivity contribution in [2.24, 2.45) is 5.73 Å². The second-order valence-corrected chi connectivity index (χ2v) is 3.60. The number of hydrogen-bond donors (Lipinski definition) is 3. The van der Waals surface area contributed by atoms with Crippen LogP contribution in [0, 0.1) is 0 Å². The molecule has 98 valence electrons. The molecular formula is C9H10Cl2F3NO2. The van der Waals surface area contributed by atoms with E-state index in [1.54, 1.807) is 0 Å². The molecule has 0 saturated heterocycles. The van der Waals surface area contributed by atoms with Crippen molar-refractivity contribution in [2.75, 3.05) is 0 Å². The predicted molar refractivity (Wildman–Crippen MR) is 59.4 cm³/mol. The van der Waals surface area contributed by atoms with E-state index in [0.717, 1.165) is 0 Å². The topological polar surface area (TPSA) is 66.5 Å². The van der Waals surface area contributed by atoms with Crippen LogP contribution < -0.4 is 5.73 Å². The van der Waals surface area contributed by atoms with Crippen molar-refractivity contribution in [1.82, 2.24) is 0 Å². The number of aliphatic hydroxyl groups is 1. The molecule has 17 heavy (non-hydrogen) atoms. The number of para-hydroxylation sites is 1. The fourth-order valence-electron chi connectivity index (χ4n) is 1.17. The number of rotatable bonds is 2. The number of aromatic hydroxyl groups is 1. The van der Waals surface area contributed by atoms with E-state index in [2.05, 4.69) is 0 Å². The van der Waals surface area contributed by atoms with Gasteiger partial charge in [0, 0.05) is 5.56 Å². The van der Waals surface area contributed by atoms with Crippen molar-refractivity contribution in [3.05, 3.63) is 28.8 Å². The molecule has 0 radical (unpaired) electrons. The van der Waals surface area contributed by atoms with Gasteiger partial charge < -0.3 is 15.9 Å². The third-order valence-corrected chi connectivity index (χ3v) is 2.36. The summed E-state index contributed by atoms with van der Waals surface area (Å²) in [7, 11) is 0. The van der Waals surface area contributed by atoms with E-state index in [9.17, 15) is 18.3 Å². The van der Waals surface area contributed by atoms with Gasteiger partial charge in [-0.15, -0.1) is 12.4 Å². The Hall–Kier alpha value is -0.690. The molecule has 1 aromatic rings. The quantitative estimate of drug-likeness (QED) is 0.784. The van der Waals surface area contributed by atoms with Gasteiger partial charge >= 0.3 is 6.18 Å². The Bertz CT molecular complexity index is 387. The van der Waals surface area contributed by atoms with E-state index in [1.807, 2.05) is 0 Å². The molecule has 1 aromatic carbocycles. The van der Waals surface area contributed by atoms with E-state index in [4.69, 9.17) is 22.4 Å². The van der Waals surface area contributed by atoms with Gasteiger partial charge in [0.1, 0.15) is 5.75 Å². The minimum atomic E-state index is -4.85. The molecule has 0 fully saturated rings. The molecular weight excluding hydrogens is 282 g/mol. The number of hydrogen-bond acceptors (Lipinski definition) is 3. The Morgan fingerprint density at radius 1 is 1.29 bits per heavy atom. The van der Waals surface area contributed by atoms with Crippen LogP contribution in [0.25, 0.3) is 0 Å².